The number of amides is 1. The first-order chi connectivity index (χ1) is 22.9. The zero-order valence-corrected chi connectivity index (χ0v) is 34.5. The van der Waals surface area contributed by atoms with E-state index < -0.39 is 46.4 Å². The van der Waals surface area contributed by atoms with E-state index in [1.165, 1.54) is 14.2 Å². The largest absolute Gasteiger partial charge is 0.542 e. The SMILES string of the molecule is COCO[C@]12ON(C[C@H]3[C@@H]1N3C(=O)OC)c1cc(C(=O)OC)cc(O[Si](C(C)C)(C(C)C)C(C)C)c1[C@@H]2CO[Si](C(C)C)(C(C)C)C(C)C. The van der Waals surface area contributed by atoms with Crippen molar-refractivity contribution in [2.24, 2.45) is 0 Å². The highest BCUT2D eigenvalue weighted by atomic mass is 28.4. The van der Waals surface area contributed by atoms with Crippen LogP contribution in [0.1, 0.15) is 105 Å². The summed E-state index contributed by atoms with van der Waals surface area (Å²) in [7, 11) is -0.639. The molecule has 11 nitrogen and oxygen atoms in total. The molecule has 1 aromatic rings. The van der Waals surface area contributed by atoms with Crippen LogP contribution in [0.5, 0.6) is 5.75 Å². The Kier molecular flexibility index (Phi) is 12.0. The number of nitrogens with zero attached hydrogens (tertiary/aromatic N) is 2. The third-order valence-corrected chi connectivity index (χ3v) is 23.7. The van der Waals surface area contributed by atoms with Crippen LogP contribution >= 0.6 is 0 Å². The van der Waals surface area contributed by atoms with Crippen LogP contribution < -0.4 is 9.49 Å². The number of rotatable bonds is 15. The summed E-state index contributed by atoms with van der Waals surface area (Å²) in [6, 6.07) is 2.93. The van der Waals surface area contributed by atoms with E-state index in [0.717, 1.165) is 5.56 Å². The van der Waals surface area contributed by atoms with E-state index in [-0.39, 0.29) is 36.1 Å². The fraction of sp³-hybridized carbons (Fsp3) is 0.778. The maximum Gasteiger partial charge on any atom is 0.410 e. The Morgan fingerprint density at radius 2 is 1.39 bits per heavy atom. The Morgan fingerprint density at radius 1 is 0.837 bits per heavy atom. The molecular weight excluding hydrogens is 661 g/mol. The van der Waals surface area contributed by atoms with Crippen molar-refractivity contribution >= 4 is 34.4 Å². The van der Waals surface area contributed by atoms with Gasteiger partial charge in [0.1, 0.15) is 18.6 Å². The van der Waals surface area contributed by atoms with Crippen molar-refractivity contribution in [3.05, 3.63) is 23.3 Å². The van der Waals surface area contributed by atoms with Gasteiger partial charge in [0.15, 0.2) is 8.32 Å². The van der Waals surface area contributed by atoms with Crippen molar-refractivity contribution in [3.63, 3.8) is 0 Å². The van der Waals surface area contributed by atoms with Gasteiger partial charge in [-0.1, -0.05) is 83.1 Å². The van der Waals surface area contributed by atoms with Crippen LogP contribution in [0.4, 0.5) is 10.5 Å². The van der Waals surface area contributed by atoms with Crippen molar-refractivity contribution in [1.29, 1.82) is 0 Å². The number of hydroxylamine groups is 1. The minimum Gasteiger partial charge on any atom is -0.542 e. The summed E-state index contributed by atoms with van der Waals surface area (Å²) in [4.78, 5) is 35.0. The molecule has 0 N–H and O–H groups in total. The van der Waals surface area contributed by atoms with Gasteiger partial charge in [0.2, 0.25) is 5.79 Å². The van der Waals surface area contributed by atoms with Crippen molar-refractivity contribution in [2.45, 2.75) is 140 Å². The summed E-state index contributed by atoms with van der Waals surface area (Å²) in [5.41, 5.74) is 3.69. The monoisotopic (exact) mass is 722 g/mol. The van der Waals surface area contributed by atoms with Crippen LogP contribution in [0, 0.1) is 0 Å². The molecule has 3 aliphatic rings. The topological polar surface area (TPSA) is 105 Å². The lowest BCUT2D eigenvalue weighted by Crippen LogP contribution is -2.62. The van der Waals surface area contributed by atoms with E-state index in [0.29, 0.717) is 40.2 Å². The molecule has 0 aliphatic carbocycles. The third kappa shape index (κ3) is 6.45. The molecule has 0 radical (unpaired) electrons. The Bertz CT molecular complexity index is 1310. The number of ether oxygens (including phenoxy) is 4. The predicted octanol–water partition coefficient (Wildman–Crippen LogP) is 8.20. The fourth-order valence-electron chi connectivity index (χ4n) is 9.66. The zero-order chi connectivity index (χ0) is 36.8. The Labute approximate surface area is 296 Å². The van der Waals surface area contributed by atoms with E-state index in [1.807, 2.05) is 12.1 Å². The molecule has 4 rings (SSSR count). The number of carbonyl (C=O) groups excluding carboxylic acids is 2. The summed E-state index contributed by atoms with van der Waals surface area (Å²) in [5, 5.41) is 1.76. The highest BCUT2D eigenvalue weighted by Crippen LogP contribution is 2.60. The first kappa shape index (κ1) is 39.6. The standard InChI is InChI=1S/C36H62N2O9Si2/c1-21(2)48(22(3)4,23(5)6)45-19-28-32-29(37-18-30-33(38(30)35(40)43-15)36(28,47-37)44-20-41-13)16-27(34(39)42-14)17-31(32)46-49(24(7)8,25(9)10)26(11)12/h16-17,21-26,28,30,33H,18-20H2,1-15H3/t28-,30-,33-,36+,38?/m0/s1. The predicted molar refractivity (Wildman–Crippen MR) is 195 cm³/mol. The van der Waals surface area contributed by atoms with Gasteiger partial charge < -0.3 is 27.8 Å². The normalized spacial score (nSPS) is 23.5. The molecule has 13 heteroatoms. The van der Waals surface area contributed by atoms with Crippen LogP contribution in [0.15, 0.2) is 12.1 Å². The van der Waals surface area contributed by atoms with Crippen molar-refractivity contribution in [3.8, 4) is 5.75 Å². The molecule has 1 aromatic carbocycles. The molecule has 2 fully saturated rings. The van der Waals surface area contributed by atoms with Crippen molar-refractivity contribution < 1.29 is 42.2 Å². The van der Waals surface area contributed by atoms with Crippen LogP contribution in [-0.4, -0.2) is 92.7 Å². The molecule has 0 aromatic heterocycles. The van der Waals surface area contributed by atoms with Gasteiger partial charge in [0, 0.05) is 19.3 Å². The second kappa shape index (κ2) is 14.8. The first-order valence-electron chi connectivity index (χ1n) is 18.0. The van der Waals surface area contributed by atoms with Gasteiger partial charge in [-0.25, -0.2) is 19.5 Å². The lowest BCUT2D eigenvalue weighted by molar-refractivity contribution is -0.302. The average Bonchev–Trinajstić information content (AvgIpc) is 3.77. The molecule has 0 unspecified atom stereocenters. The molecule has 0 saturated carbocycles. The van der Waals surface area contributed by atoms with Crippen molar-refractivity contribution in [2.75, 3.05) is 46.3 Å². The van der Waals surface area contributed by atoms with Crippen LogP contribution in [0.2, 0.25) is 33.2 Å². The number of benzene rings is 1. The number of esters is 1. The number of hydrogen-bond donors (Lipinski definition) is 0. The highest BCUT2D eigenvalue weighted by molar-refractivity contribution is 6.78. The molecular formula is C36H62N2O9Si2. The Balaban J connectivity index is 2.07. The molecule has 278 valence electrons. The Morgan fingerprint density at radius 3 is 1.86 bits per heavy atom. The van der Waals surface area contributed by atoms with Gasteiger partial charge in [0.25, 0.3) is 8.32 Å². The molecule has 49 heavy (non-hydrogen) atoms. The van der Waals surface area contributed by atoms with Crippen LogP contribution in [-0.2, 0) is 28.2 Å². The quantitative estimate of drug-likeness (QED) is 0.0762. The van der Waals surface area contributed by atoms with E-state index in [4.69, 9.17) is 32.6 Å². The van der Waals surface area contributed by atoms with E-state index in [9.17, 15) is 9.59 Å². The summed E-state index contributed by atoms with van der Waals surface area (Å²) < 4.78 is 37.5. The minimum atomic E-state index is -2.56. The fourth-order valence-corrected chi connectivity index (χ4v) is 20.4. The second-order valence-corrected chi connectivity index (χ2v) is 26.6. The smallest absolute Gasteiger partial charge is 0.410 e. The maximum absolute atomic E-state index is 13.3. The second-order valence-electron chi connectivity index (χ2n) is 15.8. The number of anilines is 1. The molecule has 2 bridgehead atoms. The third-order valence-electron chi connectivity index (χ3n) is 11.6. The van der Waals surface area contributed by atoms with Crippen molar-refractivity contribution in [1.82, 2.24) is 4.90 Å². The summed E-state index contributed by atoms with van der Waals surface area (Å²) >= 11 is 0. The zero-order valence-electron chi connectivity index (χ0n) is 32.5. The van der Waals surface area contributed by atoms with Gasteiger partial charge in [-0.05, 0) is 45.4 Å². The molecule has 1 amide bonds. The van der Waals surface area contributed by atoms with E-state index in [2.05, 4.69) is 83.1 Å². The highest BCUT2D eigenvalue weighted by Gasteiger charge is 2.74. The van der Waals surface area contributed by atoms with Gasteiger partial charge in [-0.3, -0.25) is 4.90 Å². The summed E-state index contributed by atoms with van der Waals surface area (Å²) in [6.45, 7) is 27.6. The van der Waals surface area contributed by atoms with Gasteiger partial charge in [-0.2, -0.15) is 0 Å². The Hall–Kier alpha value is -2.17. The van der Waals surface area contributed by atoms with Crippen LogP contribution in [0.3, 0.4) is 0 Å². The molecule has 3 heterocycles. The number of methoxy groups -OCH3 is 3. The lowest BCUT2D eigenvalue weighted by atomic mass is 9.82. The molecule has 4 atom stereocenters. The molecule has 3 aliphatic heterocycles. The summed E-state index contributed by atoms with van der Waals surface area (Å²) in [6.07, 6.45) is -0.454. The van der Waals surface area contributed by atoms with Gasteiger partial charge in [-0.15, -0.1) is 0 Å². The first-order valence-corrected chi connectivity index (χ1v) is 22.3. The minimum absolute atomic E-state index is 0.0713. The number of fused-ring (bicyclic) bond motifs is 6. The molecule has 2 saturated heterocycles. The van der Waals surface area contributed by atoms with Gasteiger partial charge >= 0.3 is 12.1 Å². The lowest BCUT2D eigenvalue weighted by Gasteiger charge is -2.52. The molecule has 0 spiro atoms. The maximum atomic E-state index is 13.3. The van der Waals surface area contributed by atoms with E-state index in [1.54, 1.807) is 17.1 Å². The number of hydrogen-bond acceptors (Lipinski definition) is 10. The average molecular weight is 723 g/mol. The van der Waals surface area contributed by atoms with Gasteiger partial charge in [0.05, 0.1) is 44.0 Å². The van der Waals surface area contributed by atoms with E-state index >= 15 is 0 Å². The van der Waals surface area contributed by atoms with Crippen LogP contribution in [0.25, 0.3) is 0 Å². The number of carbonyl (C=O) groups is 2. The summed E-state index contributed by atoms with van der Waals surface area (Å²) in [5.74, 6) is -1.79.